The van der Waals surface area contributed by atoms with Crippen LogP contribution in [-0.2, 0) is 0 Å². The summed E-state index contributed by atoms with van der Waals surface area (Å²) < 4.78 is 25.3. The lowest BCUT2D eigenvalue weighted by atomic mass is 10.3. The van der Waals surface area contributed by atoms with Crippen LogP contribution in [0.2, 0.25) is 20.6 Å². The van der Waals surface area contributed by atoms with Crippen molar-refractivity contribution in [2.75, 3.05) is 5.34 Å². The van der Waals surface area contributed by atoms with Crippen molar-refractivity contribution in [3.05, 3.63) is 55.5 Å². The molecule has 0 aliphatic rings. The van der Waals surface area contributed by atoms with Crippen molar-refractivity contribution in [2.24, 2.45) is 5.73 Å². The van der Waals surface area contributed by atoms with E-state index in [4.69, 9.17) is 80.4 Å². The van der Waals surface area contributed by atoms with E-state index in [0.29, 0.717) is 0 Å². The summed E-state index contributed by atoms with van der Waals surface area (Å²) in [5, 5.41) is 7.29. The van der Waals surface area contributed by atoms with Crippen molar-refractivity contribution in [2.45, 2.75) is 0 Å². The van der Waals surface area contributed by atoms with Crippen molar-refractivity contribution in [1.29, 1.82) is 0 Å². The standard InChI is InChI=1S/C6H3Cl2FN2O.C6H2Cl2FNO2.CH2Cl2/c7-4-2(6(10)12)1-3(9)5(8)11-4;7-4-2(6(11)12)1-3(9)5(8)10-4;2-1-3/h1H,(H2,10,12);1H,(H,11,12);1H2. The van der Waals surface area contributed by atoms with Gasteiger partial charge in [0.2, 0.25) is 0 Å². The largest absolute Gasteiger partial charge is 0.478 e. The van der Waals surface area contributed by atoms with Crippen LogP contribution in [0, 0.1) is 11.6 Å². The molecule has 0 spiro atoms. The molecule has 0 unspecified atom stereocenters. The highest BCUT2D eigenvalue weighted by molar-refractivity contribution is 6.40. The SMILES string of the molecule is ClCCl.NC(=O)c1cc(F)c(Cl)nc1Cl.O=C(O)c1cc(F)c(Cl)nc1Cl. The molecule has 0 saturated carbocycles. The maximum Gasteiger partial charge on any atom is 0.338 e. The van der Waals surface area contributed by atoms with E-state index >= 15 is 0 Å². The number of pyridine rings is 2. The fraction of sp³-hybridized carbons (Fsp3) is 0.0769. The van der Waals surface area contributed by atoms with E-state index in [1.807, 2.05) is 0 Å². The normalized spacial score (nSPS) is 9.48. The van der Waals surface area contributed by atoms with E-state index in [2.05, 4.69) is 9.97 Å². The molecule has 0 atom stereocenters. The third-order valence-electron chi connectivity index (χ3n) is 2.27. The molecule has 2 aromatic heterocycles. The van der Waals surface area contributed by atoms with Crippen LogP contribution in [0.1, 0.15) is 20.7 Å². The Labute approximate surface area is 181 Å². The van der Waals surface area contributed by atoms with E-state index < -0.39 is 34.2 Å². The van der Waals surface area contributed by atoms with Gasteiger partial charge in [-0.25, -0.2) is 23.5 Å². The van der Waals surface area contributed by atoms with Gasteiger partial charge < -0.3 is 10.8 Å². The van der Waals surface area contributed by atoms with Gasteiger partial charge >= 0.3 is 5.97 Å². The van der Waals surface area contributed by atoms with Crippen LogP contribution in [0.3, 0.4) is 0 Å². The number of alkyl halides is 2. The summed E-state index contributed by atoms with van der Waals surface area (Å²) >= 11 is 30.8. The number of hydrogen-bond acceptors (Lipinski definition) is 4. The second-order valence-corrected chi connectivity index (χ2v) is 6.21. The molecule has 0 aliphatic heterocycles. The number of carbonyl (C=O) groups is 2. The maximum absolute atomic E-state index is 12.7. The lowest BCUT2D eigenvalue weighted by molar-refractivity contribution is 0.0695. The number of carboxylic acid groups (broad SMARTS) is 1. The van der Waals surface area contributed by atoms with Crippen molar-refractivity contribution in [3.8, 4) is 0 Å². The van der Waals surface area contributed by atoms with E-state index in [0.717, 1.165) is 12.1 Å². The molecule has 14 heteroatoms. The third-order valence-corrected chi connectivity index (χ3v) is 3.38. The van der Waals surface area contributed by atoms with Gasteiger partial charge in [-0.15, -0.1) is 23.2 Å². The summed E-state index contributed by atoms with van der Waals surface area (Å²) in [5.74, 6) is -3.92. The van der Waals surface area contributed by atoms with Gasteiger partial charge in [-0.05, 0) is 12.1 Å². The van der Waals surface area contributed by atoms with Crippen LogP contribution in [0.4, 0.5) is 8.78 Å². The number of amides is 1. The number of hydrogen-bond donors (Lipinski definition) is 2. The number of halogens is 8. The Morgan fingerprint density at radius 2 is 1.22 bits per heavy atom. The molecule has 0 fully saturated rings. The van der Waals surface area contributed by atoms with E-state index in [9.17, 15) is 18.4 Å². The molecule has 3 N–H and O–H groups in total. The van der Waals surface area contributed by atoms with Crippen molar-refractivity contribution in [1.82, 2.24) is 9.97 Å². The Morgan fingerprint density at radius 1 is 0.889 bits per heavy atom. The molecule has 0 aromatic carbocycles. The van der Waals surface area contributed by atoms with Gasteiger partial charge in [0, 0.05) is 0 Å². The minimum Gasteiger partial charge on any atom is -0.478 e. The molecule has 1 amide bonds. The van der Waals surface area contributed by atoms with Crippen molar-refractivity contribution < 1.29 is 23.5 Å². The molecule has 6 nitrogen and oxygen atoms in total. The van der Waals surface area contributed by atoms with Crippen molar-refractivity contribution >= 4 is 81.5 Å². The number of nitrogens with two attached hydrogens (primary N) is 1. The predicted octanol–water partition coefficient (Wildman–Crippen LogP) is 5.27. The fourth-order valence-electron chi connectivity index (χ4n) is 1.21. The van der Waals surface area contributed by atoms with Crippen LogP contribution in [0.5, 0.6) is 0 Å². The van der Waals surface area contributed by atoms with Crippen LogP contribution in [0.15, 0.2) is 12.1 Å². The smallest absolute Gasteiger partial charge is 0.338 e. The summed E-state index contributed by atoms with van der Waals surface area (Å²) in [7, 11) is 0. The topological polar surface area (TPSA) is 106 Å². The van der Waals surface area contributed by atoms with Gasteiger partial charge in [0.1, 0.15) is 10.3 Å². The molecule has 27 heavy (non-hydrogen) atoms. The van der Waals surface area contributed by atoms with E-state index in [1.165, 1.54) is 0 Å². The fourth-order valence-corrected chi connectivity index (χ4v) is 2.03. The van der Waals surface area contributed by atoms with Gasteiger partial charge in [0.25, 0.3) is 5.91 Å². The Balaban J connectivity index is 0.000000438. The number of primary amides is 1. The Hall–Kier alpha value is -1.16. The molecule has 0 bridgehead atoms. The van der Waals surface area contributed by atoms with Gasteiger partial charge in [0.05, 0.1) is 16.5 Å². The quantitative estimate of drug-likeness (QED) is 0.428. The molecular weight excluding hydrogens is 497 g/mol. The average Bonchev–Trinajstić information content (AvgIpc) is 2.55. The minimum atomic E-state index is -1.34. The number of carboxylic acids is 1. The van der Waals surface area contributed by atoms with Crippen LogP contribution < -0.4 is 5.73 Å². The second-order valence-electron chi connectivity index (χ2n) is 3.97. The zero-order chi connectivity index (χ0) is 21.3. The first kappa shape index (κ1) is 25.8. The zero-order valence-electron chi connectivity index (χ0n) is 12.6. The summed E-state index contributed by atoms with van der Waals surface area (Å²) in [6.07, 6.45) is 0. The van der Waals surface area contributed by atoms with Gasteiger partial charge in [-0.2, -0.15) is 0 Å². The highest BCUT2D eigenvalue weighted by Gasteiger charge is 2.14. The Morgan fingerprint density at radius 3 is 1.56 bits per heavy atom. The number of nitrogens with zero attached hydrogens (tertiary/aromatic N) is 2. The first-order valence-electron chi connectivity index (χ1n) is 6.14. The summed E-state index contributed by atoms with van der Waals surface area (Å²) in [5.41, 5.74) is 4.27. The molecular formula is C13H7Cl6F2N3O3. The maximum atomic E-state index is 12.7. The lowest BCUT2D eigenvalue weighted by Crippen LogP contribution is -2.12. The molecule has 148 valence electrons. The number of carbonyl (C=O) groups excluding carboxylic acids is 1. The lowest BCUT2D eigenvalue weighted by Gasteiger charge is -1.99. The van der Waals surface area contributed by atoms with Gasteiger partial charge in [-0.1, -0.05) is 46.4 Å². The predicted molar refractivity (Wildman–Crippen MR) is 100 cm³/mol. The summed E-state index contributed by atoms with van der Waals surface area (Å²) in [6, 6.07) is 1.57. The second kappa shape index (κ2) is 12.3. The molecule has 2 aromatic rings. The highest BCUT2D eigenvalue weighted by atomic mass is 35.5. The summed E-state index contributed by atoms with van der Waals surface area (Å²) in [6.45, 7) is 0. The molecule has 0 radical (unpaired) electrons. The van der Waals surface area contributed by atoms with Crippen LogP contribution in [0.25, 0.3) is 0 Å². The number of aromatic nitrogens is 2. The van der Waals surface area contributed by atoms with E-state index in [1.54, 1.807) is 0 Å². The monoisotopic (exact) mass is 501 g/mol. The third kappa shape index (κ3) is 8.59. The number of rotatable bonds is 2. The number of aromatic carboxylic acids is 1. The molecule has 2 heterocycles. The van der Waals surface area contributed by atoms with Crippen molar-refractivity contribution in [3.63, 3.8) is 0 Å². The van der Waals surface area contributed by atoms with Gasteiger partial charge in [-0.3, -0.25) is 4.79 Å². The van der Waals surface area contributed by atoms with Crippen LogP contribution >= 0.6 is 69.6 Å². The Kier molecular flexibility index (Phi) is 11.8. The minimum absolute atomic E-state index is 0.182. The first-order valence-corrected chi connectivity index (χ1v) is 8.72. The molecule has 0 aliphatic carbocycles. The summed E-state index contributed by atoms with van der Waals surface area (Å²) in [4.78, 5) is 27.5. The van der Waals surface area contributed by atoms with Crippen LogP contribution in [-0.4, -0.2) is 32.3 Å². The van der Waals surface area contributed by atoms with E-state index in [-0.39, 0.29) is 26.4 Å². The Bertz CT molecular complexity index is 774. The zero-order valence-corrected chi connectivity index (χ0v) is 17.2. The molecule has 2 rings (SSSR count). The first-order chi connectivity index (χ1) is 12.5. The highest BCUT2D eigenvalue weighted by Crippen LogP contribution is 2.20. The van der Waals surface area contributed by atoms with Gasteiger partial charge in [0.15, 0.2) is 21.9 Å². The molecule has 0 saturated heterocycles. The average molecular weight is 504 g/mol.